The molecule has 0 aliphatic carbocycles. The predicted molar refractivity (Wildman–Crippen MR) is 65.5 cm³/mol. The molecule has 0 saturated carbocycles. The molecule has 1 saturated heterocycles. The van der Waals surface area contributed by atoms with E-state index in [9.17, 15) is 0 Å². The summed E-state index contributed by atoms with van der Waals surface area (Å²) in [6, 6.07) is -0.439. The third kappa shape index (κ3) is 3.74. The van der Waals surface area contributed by atoms with Crippen LogP contribution in [-0.2, 0) is 0 Å². The first-order valence-corrected chi connectivity index (χ1v) is 6.33. The highest BCUT2D eigenvalue weighted by Crippen LogP contribution is 2.36. The normalized spacial score (nSPS) is 24.9. The molecule has 1 aliphatic heterocycles. The van der Waals surface area contributed by atoms with Gasteiger partial charge < -0.3 is 0 Å². The van der Waals surface area contributed by atoms with E-state index < -0.39 is 4.23 Å². The Hall–Kier alpha value is 1.29. The van der Waals surface area contributed by atoms with Gasteiger partial charge in [-0.15, -0.1) is 23.2 Å². The van der Waals surface area contributed by atoms with Gasteiger partial charge in [-0.2, -0.15) is 0 Å². The first-order valence-electron chi connectivity index (χ1n) is 4.70. The third-order valence-electron chi connectivity index (χ3n) is 2.46. The molecule has 0 bridgehead atoms. The van der Waals surface area contributed by atoms with Crippen molar-refractivity contribution in [3.05, 3.63) is 0 Å². The molecule has 0 nitrogen and oxygen atoms in total. The molecular formula is C7H12B2Cl4. The van der Waals surface area contributed by atoms with Crippen LogP contribution in [0.1, 0.15) is 32.1 Å². The van der Waals surface area contributed by atoms with E-state index >= 15 is 0 Å². The van der Waals surface area contributed by atoms with Gasteiger partial charge in [-0.25, -0.2) is 22.9 Å². The average Bonchev–Trinajstić information content (AvgIpc) is 2.12. The molecule has 0 aromatic rings. The first kappa shape index (κ1) is 12.4. The van der Waals surface area contributed by atoms with Crippen LogP contribution in [0.4, 0.5) is 0 Å². The fourth-order valence-electron chi connectivity index (χ4n) is 1.60. The first-order chi connectivity index (χ1) is 6.04. The van der Waals surface area contributed by atoms with Crippen LogP contribution in [0.2, 0.25) is 6.32 Å². The maximum atomic E-state index is 6.12. The Morgan fingerprint density at radius 2 is 1.54 bits per heavy atom. The molecule has 1 fully saturated rings. The SMILES string of the molecule is ClB1CCCCCCC(Cl)(Cl)B1Cl. The Morgan fingerprint density at radius 3 is 2.23 bits per heavy atom. The van der Waals surface area contributed by atoms with Crippen molar-refractivity contribution in [1.82, 2.24) is 0 Å². The van der Waals surface area contributed by atoms with Gasteiger partial charge in [0.15, 0.2) is 0 Å². The number of alkyl halides is 2. The van der Waals surface area contributed by atoms with Crippen molar-refractivity contribution in [1.29, 1.82) is 0 Å². The molecule has 13 heavy (non-hydrogen) atoms. The zero-order valence-corrected chi connectivity index (χ0v) is 10.4. The molecule has 0 spiro atoms. The molecule has 0 unspecified atom stereocenters. The number of halogens is 4. The van der Waals surface area contributed by atoms with E-state index in [1.165, 1.54) is 12.8 Å². The van der Waals surface area contributed by atoms with Crippen molar-refractivity contribution in [2.45, 2.75) is 42.7 Å². The molecule has 0 atom stereocenters. The van der Waals surface area contributed by atoms with Crippen LogP contribution in [0.5, 0.6) is 0 Å². The van der Waals surface area contributed by atoms with Crippen LogP contribution in [0.25, 0.3) is 0 Å². The summed E-state index contributed by atoms with van der Waals surface area (Å²) in [7, 11) is 0. The monoisotopic (exact) mass is 258 g/mol. The molecule has 1 aliphatic rings. The summed E-state index contributed by atoms with van der Waals surface area (Å²) >= 11 is 24.4. The lowest BCUT2D eigenvalue weighted by atomic mass is 9.32. The molecule has 1 heterocycles. The Labute approximate surface area is 101 Å². The quantitative estimate of drug-likeness (QED) is 0.452. The summed E-state index contributed by atoms with van der Waals surface area (Å²) in [4.78, 5) is 0. The smallest absolute Gasteiger partial charge is 0.204 e. The van der Waals surface area contributed by atoms with Crippen molar-refractivity contribution in [2.24, 2.45) is 0 Å². The Balaban J connectivity index is 2.61. The van der Waals surface area contributed by atoms with E-state index in [0.717, 1.165) is 25.6 Å². The zero-order valence-electron chi connectivity index (χ0n) is 7.41. The van der Waals surface area contributed by atoms with Gasteiger partial charge >= 0.3 is 0 Å². The van der Waals surface area contributed by atoms with Gasteiger partial charge in [0, 0.05) is 0 Å². The van der Waals surface area contributed by atoms with Crippen molar-refractivity contribution in [3.63, 3.8) is 0 Å². The van der Waals surface area contributed by atoms with Crippen molar-refractivity contribution in [3.8, 4) is 0 Å². The lowest BCUT2D eigenvalue weighted by molar-refractivity contribution is 0.641. The van der Waals surface area contributed by atoms with E-state index in [2.05, 4.69) is 0 Å². The summed E-state index contributed by atoms with van der Waals surface area (Å²) in [6.45, 7) is 0. The average molecular weight is 260 g/mol. The summed E-state index contributed by atoms with van der Waals surface area (Å²) in [5.74, 6) is 0. The minimum absolute atomic E-state index is 0.102. The minimum Gasteiger partial charge on any atom is -0.204 e. The molecule has 0 N–H and O–H groups in total. The van der Waals surface area contributed by atoms with E-state index in [4.69, 9.17) is 46.1 Å². The zero-order chi connectivity index (χ0) is 9.90. The summed E-state index contributed by atoms with van der Waals surface area (Å²) < 4.78 is -0.849. The molecular weight excluding hydrogens is 248 g/mol. The maximum absolute atomic E-state index is 6.12. The van der Waals surface area contributed by atoms with Gasteiger partial charge in [0.1, 0.15) is 4.23 Å². The number of hydrogen-bond donors (Lipinski definition) is 0. The van der Waals surface area contributed by atoms with Gasteiger partial charge in [-0.3, -0.25) is 0 Å². The fraction of sp³-hybridized carbons (Fsp3) is 1.00. The van der Waals surface area contributed by atoms with Crippen molar-refractivity contribution < 1.29 is 0 Å². The standard InChI is InChI=1S/C7H12B2Cl4/c10-7(11)5-3-1-2-4-6-8(12)9(7)13/h1-6H2. The Morgan fingerprint density at radius 1 is 0.923 bits per heavy atom. The number of rotatable bonds is 0. The van der Waals surface area contributed by atoms with Crippen LogP contribution in [0, 0.1) is 0 Å². The lowest BCUT2D eigenvalue weighted by Crippen LogP contribution is -2.41. The van der Waals surface area contributed by atoms with Crippen LogP contribution < -0.4 is 0 Å². The number of hydrogen-bond acceptors (Lipinski definition) is 0. The van der Waals surface area contributed by atoms with E-state index in [0.29, 0.717) is 0 Å². The molecule has 0 amide bonds. The Bertz CT molecular complexity index is 165. The highest BCUT2D eigenvalue weighted by molar-refractivity contribution is 7.59. The van der Waals surface area contributed by atoms with E-state index in [-0.39, 0.29) is 12.0 Å². The van der Waals surface area contributed by atoms with Gasteiger partial charge in [0.05, 0.1) is 0 Å². The second kappa shape index (κ2) is 5.39. The van der Waals surface area contributed by atoms with E-state index in [1.54, 1.807) is 0 Å². The molecule has 0 radical (unpaired) electrons. The topological polar surface area (TPSA) is 0 Å². The lowest BCUT2D eigenvalue weighted by Gasteiger charge is -2.23. The van der Waals surface area contributed by atoms with Gasteiger partial charge in [-0.05, 0) is 6.42 Å². The predicted octanol–water partition coefficient (Wildman–Crippen LogP) is 4.20. The molecule has 0 aromatic heterocycles. The van der Waals surface area contributed by atoms with E-state index in [1.807, 2.05) is 0 Å². The van der Waals surface area contributed by atoms with Crippen LogP contribution in [0.3, 0.4) is 0 Å². The summed E-state index contributed by atoms with van der Waals surface area (Å²) in [5, 5.41) is 0. The second-order valence-electron chi connectivity index (χ2n) is 3.63. The largest absolute Gasteiger partial charge is 0.279 e. The second-order valence-corrected chi connectivity index (χ2v) is 6.20. The van der Waals surface area contributed by atoms with Gasteiger partial charge in [0.25, 0.3) is 6.02 Å². The molecule has 6 heteroatoms. The van der Waals surface area contributed by atoms with Crippen molar-refractivity contribution >= 4 is 58.2 Å². The third-order valence-corrected chi connectivity index (χ3v) is 4.81. The van der Waals surface area contributed by atoms with Gasteiger partial charge in [-0.1, -0.05) is 32.0 Å². The Kier molecular flexibility index (Phi) is 5.13. The highest BCUT2D eigenvalue weighted by atomic mass is 35.5. The van der Waals surface area contributed by atoms with Crippen LogP contribution >= 0.6 is 46.1 Å². The summed E-state index contributed by atoms with van der Waals surface area (Å²) in [5.41, 5.74) is 0. The van der Waals surface area contributed by atoms with Crippen molar-refractivity contribution in [2.75, 3.05) is 0 Å². The fourth-order valence-corrected chi connectivity index (χ4v) is 2.91. The molecule has 1 rings (SSSR count). The summed E-state index contributed by atoms with van der Waals surface area (Å²) in [6.07, 6.45) is 6.20. The molecule has 74 valence electrons. The minimum atomic E-state index is -0.849. The maximum Gasteiger partial charge on any atom is 0.279 e. The highest BCUT2D eigenvalue weighted by Gasteiger charge is 2.43. The van der Waals surface area contributed by atoms with Crippen LogP contribution in [0.15, 0.2) is 0 Å². The molecule has 0 aromatic carbocycles. The van der Waals surface area contributed by atoms with Gasteiger partial charge in [0.2, 0.25) is 6.02 Å². The van der Waals surface area contributed by atoms with Crippen LogP contribution in [-0.4, -0.2) is 16.3 Å².